The maximum absolute atomic E-state index is 11.9. The van der Waals surface area contributed by atoms with Crippen molar-refractivity contribution in [2.24, 2.45) is 5.92 Å². The van der Waals surface area contributed by atoms with Gasteiger partial charge in [0.25, 0.3) is 5.91 Å². The third-order valence-corrected chi connectivity index (χ3v) is 3.53. The number of hydrogen-bond acceptors (Lipinski definition) is 5. The maximum Gasteiger partial charge on any atom is 0.264 e. The average Bonchev–Trinajstić information content (AvgIpc) is 2.82. The fourth-order valence-electron chi connectivity index (χ4n) is 1.56. The zero-order valence-electron chi connectivity index (χ0n) is 10.3. The van der Waals surface area contributed by atoms with Gasteiger partial charge in [0.05, 0.1) is 5.69 Å². The van der Waals surface area contributed by atoms with Crippen molar-refractivity contribution in [2.75, 3.05) is 13.2 Å². The van der Waals surface area contributed by atoms with Crippen molar-refractivity contribution in [2.45, 2.75) is 33.1 Å². The van der Waals surface area contributed by atoms with Gasteiger partial charge in [-0.2, -0.15) is 0 Å². The van der Waals surface area contributed by atoms with Gasteiger partial charge in [0.15, 0.2) is 0 Å². The number of aromatic nitrogens is 2. The van der Waals surface area contributed by atoms with Crippen LogP contribution in [0.3, 0.4) is 0 Å². The lowest BCUT2D eigenvalue weighted by Crippen LogP contribution is -2.29. The molecule has 0 bridgehead atoms. The maximum atomic E-state index is 11.9. The predicted octanol–water partition coefficient (Wildman–Crippen LogP) is 1.24. The molecule has 0 aliphatic heterocycles. The summed E-state index contributed by atoms with van der Waals surface area (Å²) in [6.45, 7) is 4.76. The van der Waals surface area contributed by atoms with Crippen LogP contribution in [0.15, 0.2) is 0 Å². The van der Waals surface area contributed by atoms with Crippen LogP contribution in [0.4, 0.5) is 0 Å². The van der Waals surface area contributed by atoms with E-state index in [1.54, 1.807) is 0 Å². The van der Waals surface area contributed by atoms with Crippen molar-refractivity contribution >= 4 is 17.4 Å². The summed E-state index contributed by atoms with van der Waals surface area (Å²) in [6.07, 6.45) is 2.38. The van der Waals surface area contributed by atoms with E-state index in [0.29, 0.717) is 23.8 Å². The topological polar surface area (TPSA) is 75.1 Å². The number of carbonyl (C=O) groups is 1. The molecule has 0 aliphatic carbocycles. The van der Waals surface area contributed by atoms with E-state index >= 15 is 0 Å². The van der Waals surface area contributed by atoms with Gasteiger partial charge in [-0.25, -0.2) is 0 Å². The Bertz CT molecular complexity index is 354. The molecule has 0 saturated heterocycles. The van der Waals surface area contributed by atoms with Gasteiger partial charge in [-0.05, 0) is 30.3 Å². The molecule has 0 spiro atoms. The SMILES string of the molecule is CCc1nnsc1C(=O)NCC(CC)CCO. The number of aryl methyl sites for hydroxylation is 1. The number of nitrogens with one attached hydrogen (secondary N) is 1. The Morgan fingerprint density at radius 3 is 2.88 bits per heavy atom. The van der Waals surface area contributed by atoms with E-state index in [1.807, 2.05) is 6.92 Å². The Morgan fingerprint density at radius 2 is 2.29 bits per heavy atom. The quantitative estimate of drug-likeness (QED) is 0.770. The molecule has 0 aromatic carbocycles. The number of hydrogen-bond donors (Lipinski definition) is 2. The summed E-state index contributed by atoms with van der Waals surface area (Å²) in [6, 6.07) is 0. The highest BCUT2D eigenvalue weighted by atomic mass is 32.1. The number of nitrogens with zero attached hydrogens (tertiary/aromatic N) is 2. The summed E-state index contributed by atoms with van der Waals surface area (Å²) < 4.78 is 3.79. The third kappa shape index (κ3) is 4.05. The van der Waals surface area contributed by atoms with E-state index in [4.69, 9.17) is 5.11 Å². The van der Waals surface area contributed by atoms with Crippen molar-refractivity contribution in [3.05, 3.63) is 10.6 Å². The number of aliphatic hydroxyl groups is 1. The second-order valence-corrected chi connectivity index (χ2v) is 4.65. The highest BCUT2D eigenvalue weighted by Gasteiger charge is 2.15. The molecule has 1 aromatic heterocycles. The summed E-state index contributed by atoms with van der Waals surface area (Å²) in [4.78, 5) is 12.5. The first-order valence-corrected chi connectivity index (χ1v) is 6.70. The zero-order valence-corrected chi connectivity index (χ0v) is 11.1. The molecule has 2 N–H and O–H groups in total. The number of rotatable bonds is 7. The zero-order chi connectivity index (χ0) is 12.7. The Morgan fingerprint density at radius 1 is 1.53 bits per heavy atom. The van der Waals surface area contributed by atoms with Gasteiger partial charge >= 0.3 is 0 Å². The lowest BCUT2D eigenvalue weighted by atomic mass is 10.0. The van der Waals surface area contributed by atoms with Gasteiger partial charge in [-0.1, -0.05) is 24.8 Å². The summed E-state index contributed by atoms with van der Waals surface area (Å²) in [5, 5.41) is 15.7. The number of aliphatic hydroxyl groups excluding tert-OH is 1. The van der Waals surface area contributed by atoms with Crippen molar-refractivity contribution in [3.8, 4) is 0 Å². The molecule has 0 radical (unpaired) electrons. The standard InChI is InChI=1S/C11H19N3O2S/c1-3-8(5-6-15)7-12-11(16)10-9(4-2)13-14-17-10/h8,15H,3-7H2,1-2H3,(H,12,16). The van der Waals surface area contributed by atoms with Crippen LogP contribution in [0, 0.1) is 5.92 Å². The highest BCUT2D eigenvalue weighted by Crippen LogP contribution is 2.12. The van der Waals surface area contributed by atoms with Crippen LogP contribution in [0.1, 0.15) is 42.1 Å². The van der Waals surface area contributed by atoms with Crippen molar-refractivity contribution in [1.82, 2.24) is 14.9 Å². The van der Waals surface area contributed by atoms with E-state index in [9.17, 15) is 4.79 Å². The smallest absolute Gasteiger partial charge is 0.264 e. The fraction of sp³-hybridized carbons (Fsp3) is 0.727. The van der Waals surface area contributed by atoms with Crippen LogP contribution in [0.2, 0.25) is 0 Å². The fourth-order valence-corrected chi connectivity index (χ4v) is 2.23. The molecular weight excluding hydrogens is 238 g/mol. The molecule has 1 unspecified atom stereocenters. The number of carbonyl (C=O) groups excluding carboxylic acids is 1. The van der Waals surface area contributed by atoms with Gasteiger partial charge in [0.2, 0.25) is 0 Å². The van der Waals surface area contributed by atoms with Gasteiger partial charge in [0.1, 0.15) is 4.88 Å². The second kappa shape index (κ2) is 7.34. The number of amides is 1. The van der Waals surface area contributed by atoms with Crippen LogP contribution in [-0.4, -0.2) is 33.8 Å². The Hall–Kier alpha value is -1.01. The minimum absolute atomic E-state index is 0.103. The molecule has 1 amide bonds. The molecule has 1 rings (SSSR count). The first kappa shape index (κ1) is 14.1. The van der Waals surface area contributed by atoms with Crippen molar-refractivity contribution in [3.63, 3.8) is 0 Å². The highest BCUT2D eigenvalue weighted by molar-refractivity contribution is 7.08. The van der Waals surface area contributed by atoms with Crippen LogP contribution in [0.25, 0.3) is 0 Å². The lowest BCUT2D eigenvalue weighted by Gasteiger charge is -2.13. The molecule has 0 saturated carbocycles. The van der Waals surface area contributed by atoms with Crippen LogP contribution >= 0.6 is 11.5 Å². The van der Waals surface area contributed by atoms with Crippen LogP contribution in [-0.2, 0) is 6.42 Å². The van der Waals surface area contributed by atoms with Gasteiger partial charge < -0.3 is 10.4 Å². The van der Waals surface area contributed by atoms with Crippen molar-refractivity contribution in [1.29, 1.82) is 0 Å². The molecule has 1 atom stereocenters. The van der Waals surface area contributed by atoms with Gasteiger partial charge in [-0.15, -0.1) is 5.10 Å². The third-order valence-electron chi connectivity index (χ3n) is 2.76. The van der Waals surface area contributed by atoms with Crippen LogP contribution in [0.5, 0.6) is 0 Å². The molecule has 0 fully saturated rings. The summed E-state index contributed by atoms with van der Waals surface area (Å²) in [5.41, 5.74) is 0.753. The molecule has 5 nitrogen and oxygen atoms in total. The lowest BCUT2D eigenvalue weighted by molar-refractivity contribution is 0.0946. The van der Waals surface area contributed by atoms with E-state index in [-0.39, 0.29) is 12.5 Å². The minimum Gasteiger partial charge on any atom is -0.396 e. The largest absolute Gasteiger partial charge is 0.396 e. The first-order valence-electron chi connectivity index (χ1n) is 5.93. The molecular formula is C11H19N3O2S. The van der Waals surface area contributed by atoms with E-state index in [0.717, 1.165) is 30.1 Å². The molecule has 17 heavy (non-hydrogen) atoms. The Balaban J connectivity index is 2.49. The first-order chi connectivity index (χ1) is 8.22. The summed E-state index contributed by atoms with van der Waals surface area (Å²) in [5.74, 6) is 0.225. The molecule has 1 aromatic rings. The summed E-state index contributed by atoms with van der Waals surface area (Å²) >= 11 is 1.13. The normalized spacial score (nSPS) is 12.4. The molecule has 1 heterocycles. The monoisotopic (exact) mass is 257 g/mol. The molecule has 6 heteroatoms. The molecule has 0 aliphatic rings. The van der Waals surface area contributed by atoms with E-state index < -0.39 is 0 Å². The average molecular weight is 257 g/mol. The summed E-state index contributed by atoms with van der Waals surface area (Å²) in [7, 11) is 0. The van der Waals surface area contributed by atoms with E-state index in [1.165, 1.54) is 0 Å². The second-order valence-electron chi connectivity index (χ2n) is 3.90. The van der Waals surface area contributed by atoms with Gasteiger partial charge in [-0.3, -0.25) is 4.79 Å². The Kier molecular flexibility index (Phi) is 6.07. The van der Waals surface area contributed by atoms with Crippen molar-refractivity contribution < 1.29 is 9.90 Å². The molecule has 96 valence electrons. The Labute approximate surface area is 105 Å². The predicted molar refractivity (Wildman–Crippen MR) is 67.1 cm³/mol. The van der Waals surface area contributed by atoms with Crippen LogP contribution < -0.4 is 5.32 Å². The van der Waals surface area contributed by atoms with E-state index in [2.05, 4.69) is 21.8 Å². The van der Waals surface area contributed by atoms with Gasteiger partial charge in [0, 0.05) is 13.2 Å². The minimum atomic E-state index is -0.103.